The molecule has 0 atom stereocenters. The maximum atomic E-state index is 3.38. The highest BCUT2D eigenvalue weighted by Crippen LogP contribution is 2.29. The summed E-state index contributed by atoms with van der Waals surface area (Å²) in [4.78, 5) is 2.45. The molecule has 2 heteroatoms. The molecule has 1 N–H and O–H groups in total. The third-order valence-electron chi connectivity index (χ3n) is 3.58. The molecule has 1 radical (unpaired) electrons. The molecule has 1 aliphatic heterocycles. The molecule has 1 aliphatic rings. The Kier molecular flexibility index (Phi) is 3.92. The van der Waals surface area contributed by atoms with E-state index in [9.17, 15) is 0 Å². The molecule has 2 nitrogen and oxygen atoms in total. The van der Waals surface area contributed by atoms with Gasteiger partial charge >= 0.3 is 0 Å². The lowest BCUT2D eigenvalue weighted by Gasteiger charge is -2.35. The van der Waals surface area contributed by atoms with E-state index in [1.165, 1.54) is 11.1 Å². The Morgan fingerprint density at radius 3 is 1.89 bits per heavy atom. The predicted octanol–water partition coefficient (Wildman–Crippen LogP) is 2.84. The first-order valence-electron chi connectivity index (χ1n) is 6.85. The molecule has 2 aromatic carbocycles. The van der Waals surface area contributed by atoms with Crippen molar-refractivity contribution in [1.82, 2.24) is 10.2 Å². The zero-order valence-electron chi connectivity index (χ0n) is 11.0. The molecule has 3 rings (SSSR count). The monoisotopic (exact) mass is 251 g/mol. The van der Waals surface area contributed by atoms with Crippen molar-refractivity contribution in [3.05, 3.63) is 78.3 Å². The summed E-state index contributed by atoms with van der Waals surface area (Å²) in [6, 6.07) is 21.8. The second-order valence-corrected chi connectivity index (χ2v) is 4.85. The molecule has 0 unspecified atom stereocenters. The molecular weight excluding hydrogens is 232 g/mol. The molecule has 1 heterocycles. The smallest absolute Gasteiger partial charge is 0.0605 e. The Labute approximate surface area is 115 Å². The van der Waals surface area contributed by atoms with E-state index in [0.717, 1.165) is 19.6 Å². The summed E-state index contributed by atoms with van der Waals surface area (Å²) in [6.07, 6.45) is 0. The lowest BCUT2D eigenvalue weighted by molar-refractivity contribution is 0.246. The second-order valence-electron chi connectivity index (χ2n) is 4.85. The van der Waals surface area contributed by atoms with Gasteiger partial charge < -0.3 is 5.32 Å². The summed E-state index contributed by atoms with van der Waals surface area (Å²) in [7, 11) is 0. The van der Waals surface area contributed by atoms with Crippen LogP contribution in [-0.4, -0.2) is 24.5 Å². The van der Waals surface area contributed by atoms with Gasteiger partial charge in [0.15, 0.2) is 0 Å². The first-order valence-corrected chi connectivity index (χ1v) is 6.85. The standard InChI is InChI=1S/C17H19N2/c1-3-7-15(8-4-1)17(16-9-5-2-6-10-16)19-13-11-18-12-14-19/h1-10,13,17-18H,11-12,14H2. The number of nitrogens with zero attached hydrogens (tertiary/aromatic N) is 1. The van der Waals surface area contributed by atoms with Gasteiger partial charge in [-0.25, -0.2) is 0 Å². The molecule has 0 saturated carbocycles. The van der Waals surface area contributed by atoms with Crippen molar-refractivity contribution in [1.29, 1.82) is 0 Å². The Balaban J connectivity index is 1.96. The van der Waals surface area contributed by atoms with Gasteiger partial charge in [0.1, 0.15) is 0 Å². The van der Waals surface area contributed by atoms with Gasteiger partial charge in [-0.05, 0) is 11.1 Å². The fourth-order valence-corrected chi connectivity index (χ4v) is 2.66. The van der Waals surface area contributed by atoms with E-state index in [-0.39, 0.29) is 0 Å². The van der Waals surface area contributed by atoms with Gasteiger partial charge in [-0.2, -0.15) is 0 Å². The van der Waals surface area contributed by atoms with Crippen LogP contribution in [0, 0.1) is 6.54 Å². The molecular formula is C17H19N2. The lowest BCUT2D eigenvalue weighted by Crippen LogP contribution is -2.42. The van der Waals surface area contributed by atoms with E-state index in [0.29, 0.717) is 6.04 Å². The van der Waals surface area contributed by atoms with Crippen LogP contribution in [0.4, 0.5) is 0 Å². The van der Waals surface area contributed by atoms with Crippen LogP contribution in [0.3, 0.4) is 0 Å². The maximum absolute atomic E-state index is 3.38. The first-order chi connectivity index (χ1) is 9.45. The average molecular weight is 251 g/mol. The van der Waals surface area contributed by atoms with Gasteiger partial charge in [-0.15, -0.1) is 0 Å². The fourth-order valence-electron chi connectivity index (χ4n) is 2.66. The number of nitrogens with one attached hydrogen (secondary N) is 1. The van der Waals surface area contributed by atoms with Crippen molar-refractivity contribution in [3.8, 4) is 0 Å². The quantitative estimate of drug-likeness (QED) is 0.902. The van der Waals surface area contributed by atoms with Gasteiger partial charge in [-0.3, -0.25) is 4.90 Å². The average Bonchev–Trinajstić information content (AvgIpc) is 2.51. The summed E-state index contributed by atoms with van der Waals surface area (Å²) in [5.74, 6) is 0. The Morgan fingerprint density at radius 1 is 0.842 bits per heavy atom. The van der Waals surface area contributed by atoms with E-state index in [1.807, 2.05) is 0 Å². The molecule has 0 amide bonds. The van der Waals surface area contributed by atoms with Gasteiger partial charge in [-0.1, -0.05) is 60.7 Å². The highest BCUT2D eigenvalue weighted by atomic mass is 15.2. The van der Waals surface area contributed by atoms with Gasteiger partial charge in [0.2, 0.25) is 0 Å². The van der Waals surface area contributed by atoms with E-state index in [4.69, 9.17) is 0 Å². The van der Waals surface area contributed by atoms with Crippen molar-refractivity contribution in [2.45, 2.75) is 6.04 Å². The second kappa shape index (κ2) is 6.00. The molecule has 0 aromatic heterocycles. The van der Waals surface area contributed by atoms with Gasteiger partial charge in [0.25, 0.3) is 0 Å². The van der Waals surface area contributed by atoms with Crippen LogP contribution in [0.1, 0.15) is 17.2 Å². The van der Waals surface area contributed by atoms with Crippen molar-refractivity contribution < 1.29 is 0 Å². The molecule has 2 aromatic rings. The highest BCUT2D eigenvalue weighted by Gasteiger charge is 2.23. The minimum atomic E-state index is 0.324. The largest absolute Gasteiger partial charge is 0.314 e. The molecule has 1 fully saturated rings. The third kappa shape index (κ3) is 2.86. The van der Waals surface area contributed by atoms with Crippen molar-refractivity contribution >= 4 is 0 Å². The molecule has 0 aliphatic carbocycles. The van der Waals surface area contributed by atoms with Crippen LogP contribution in [0.15, 0.2) is 60.7 Å². The third-order valence-corrected chi connectivity index (χ3v) is 3.58. The SMILES string of the molecule is [CH]1CNCCN1C(c1ccccc1)c1ccccc1. The Morgan fingerprint density at radius 2 is 1.42 bits per heavy atom. The highest BCUT2D eigenvalue weighted by molar-refractivity contribution is 5.32. The summed E-state index contributed by atoms with van der Waals surface area (Å²) in [5.41, 5.74) is 2.71. The molecule has 97 valence electrons. The van der Waals surface area contributed by atoms with E-state index in [2.05, 4.69) is 77.4 Å². The number of piperazine rings is 1. The van der Waals surface area contributed by atoms with Crippen LogP contribution in [-0.2, 0) is 0 Å². The van der Waals surface area contributed by atoms with Crippen molar-refractivity contribution in [3.63, 3.8) is 0 Å². The minimum absolute atomic E-state index is 0.324. The summed E-state index contributed by atoms with van der Waals surface area (Å²) in [5, 5.41) is 3.38. The van der Waals surface area contributed by atoms with E-state index >= 15 is 0 Å². The van der Waals surface area contributed by atoms with Crippen LogP contribution >= 0.6 is 0 Å². The van der Waals surface area contributed by atoms with Crippen LogP contribution in [0.5, 0.6) is 0 Å². The number of rotatable bonds is 3. The topological polar surface area (TPSA) is 15.3 Å². The minimum Gasteiger partial charge on any atom is -0.314 e. The Hall–Kier alpha value is -1.64. The molecule has 0 spiro atoms. The maximum Gasteiger partial charge on any atom is 0.0605 e. The number of benzene rings is 2. The molecule has 0 bridgehead atoms. The lowest BCUT2D eigenvalue weighted by atomic mass is 9.96. The van der Waals surface area contributed by atoms with Crippen LogP contribution in [0.2, 0.25) is 0 Å². The van der Waals surface area contributed by atoms with Crippen molar-refractivity contribution in [2.24, 2.45) is 0 Å². The number of hydrogen-bond donors (Lipinski definition) is 1. The fraction of sp³-hybridized carbons (Fsp3) is 0.235. The first kappa shape index (κ1) is 12.4. The molecule has 19 heavy (non-hydrogen) atoms. The van der Waals surface area contributed by atoms with Gasteiger partial charge in [0, 0.05) is 26.2 Å². The summed E-state index contributed by atoms with van der Waals surface area (Å²) >= 11 is 0. The zero-order chi connectivity index (χ0) is 12.9. The Bertz CT molecular complexity index is 450. The van der Waals surface area contributed by atoms with E-state index in [1.54, 1.807) is 0 Å². The summed E-state index contributed by atoms with van der Waals surface area (Å²) in [6.45, 7) is 5.32. The zero-order valence-corrected chi connectivity index (χ0v) is 11.0. The summed E-state index contributed by atoms with van der Waals surface area (Å²) < 4.78 is 0. The van der Waals surface area contributed by atoms with Crippen LogP contribution < -0.4 is 5.32 Å². The predicted molar refractivity (Wildman–Crippen MR) is 78.6 cm³/mol. The normalized spacial score (nSPS) is 16.7. The van der Waals surface area contributed by atoms with E-state index < -0.39 is 0 Å². The van der Waals surface area contributed by atoms with Crippen molar-refractivity contribution in [2.75, 3.05) is 19.6 Å². The number of hydrogen-bond acceptors (Lipinski definition) is 2. The molecule has 1 saturated heterocycles. The van der Waals surface area contributed by atoms with Crippen LogP contribution in [0.25, 0.3) is 0 Å². The van der Waals surface area contributed by atoms with Gasteiger partial charge in [0.05, 0.1) is 6.04 Å².